The molecule has 1 saturated heterocycles. The topological polar surface area (TPSA) is 72.5 Å². The number of carbonyl (C=O) groups excluding carboxylic acids is 1. The summed E-state index contributed by atoms with van der Waals surface area (Å²) in [6, 6.07) is 0.00197. The lowest BCUT2D eigenvalue weighted by atomic mass is 9.68. The van der Waals surface area contributed by atoms with E-state index in [-0.39, 0.29) is 23.5 Å². The number of methoxy groups -OCH3 is 1. The number of nitrogens with one attached hydrogen (secondary N) is 1. The third kappa shape index (κ3) is 2.63. The highest BCUT2D eigenvalue weighted by Crippen LogP contribution is 2.41. The fourth-order valence-electron chi connectivity index (χ4n) is 2.57. The second-order valence-electron chi connectivity index (χ2n) is 5.11. The largest absolute Gasteiger partial charge is 0.469 e. The number of rotatable bonds is 4. The smallest absolute Gasteiger partial charge is 0.313 e. The SMILES string of the molecule is COC(=O)C1(CNC2CCS(=O)(=O)C2)CCC1. The summed E-state index contributed by atoms with van der Waals surface area (Å²) in [6.45, 7) is 0.542. The first-order chi connectivity index (χ1) is 7.97. The number of ether oxygens (including phenoxy) is 1. The van der Waals surface area contributed by atoms with E-state index in [4.69, 9.17) is 4.74 Å². The van der Waals surface area contributed by atoms with Crippen LogP contribution >= 0.6 is 0 Å². The van der Waals surface area contributed by atoms with E-state index in [2.05, 4.69) is 5.32 Å². The van der Waals surface area contributed by atoms with Gasteiger partial charge in [-0.1, -0.05) is 6.42 Å². The van der Waals surface area contributed by atoms with Crippen LogP contribution in [0.4, 0.5) is 0 Å². The molecule has 6 heteroatoms. The minimum absolute atomic E-state index is 0.00197. The Kier molecular flexibility index (Phi) is 3.45. The zero-order valence-corrected chi connectivity index (χ0v) is 10.9. The molecule has 0 amide bonds. The first-order valence-corrected chi connectivity index (χ1v) is 7.82. The van der Waals surface area contributed by atoms with Gasteiger partial charge in [0, 0.05) is 12.6 Å². The predicted octanol–water partition coefficient (Wildman–Crippen LogP) is 0.106. The quantitative estimate of drug-likeness (QED) is 0.727. The number of hydrogen-bond donors (Lipinski definition) is 1. The van der Waals surface area contributed by atoms with E-state index in [1.54, 1.807) is 0 Å². The van der Waals surface area contributed by atoms with Crippen LogP contribution in [0.3, 0.4) is 0 Å². The molecule has 5 nitrogen and oxygen atoms in total. The maximum Gasteiger partial charge on any atom is 0.313 e. The lowest BCUT2D eigenvalue weighted by molar-refractivity contribution is -0.158. The van der Waals surface area contributed by atoms with Crippen molar-refractivity contribution in [3.63, 3.8) is 0 Å². The van der Waals surface area contributed by atoms with Gasteiger partial charge in [-0.2, -0.15) is 0 Å². The third-order valence-corrected chi connectivity index (χ3v) is 5.66. The lowest BCUT2D eigenvalue weighted by Gasteiger charge is -2.39. The van der Waals surface area contributed by atoms with Crippen LogP contribution in [0.1, 0.15) is 25.7 Å². The van der Waals surface area contributed by atoms with Gasteiger partial charge in [-0.25, -0.2) is 8.42 Å². The average Bonchev–Trinajstić information content (AvgIpc) is 2.56. The maximum atomic E-state index is 11.7. The van der Waals surface area contributed by atoms with Gasteiger partial charge in [-0.05, 0) is 19.3 Å². The number of esters is 1. The second kappa shape index (κ2) is 4.57. The van der Waals surface area contributed by atoms with Crippen LogP contribution in [0.15, 0.2) is 0 Å². The van der Waals surface area contributed by atoms with Gasteiger partial charge >= 0.3 is 5.97 Å². The van der Waals surface area contributed by atoms with Crippen molar-refractivity contribution in [1.82, 2.24) is 5.32 Å². The van der Waals surface area contributed by atoms with Crippen molar-refractivity contribution in [2.45, 2.75) is 31.7 Å². The molecule has 1 N–H and O–H groups in total. The van der Waals surface area contributed by atoms with Crippen LogP contribution in [-0.2, 0) is 19.4 Å². The van der Waals surface area contributed by atoms with E-state index in [9.17, 15) is 13.2 Å². The number of carbonyl (C=O) groups is 1. The molecule has 0 aromatic rings. The molecule has 0 radical (unpaired) electrons. The Labute approximate surface area is 102 Å². The molecular weight excluding hydrogens is 242 g/mol. The molecule has 1 aliphatic carbocycles. The molecule has 17 heavy (non-hydrogen) atoms. The summed E-state index contributed by atoms with van der Waals surface area (Å²) in [7, 11) is -1.45. The molecule has 1 atom stereocenters. The molecule has 2 aliphatic rings. The van der Waals surface area contributed by atoms with Crippen LogP contribution < -0.4 is 5.32 Å². The van der Waals surface area contributed by atoms with Gasteiger partial charge < -0.3 is 10.1 Å². The van der Waals surface area contributed by atoms with Crippen molar-refractivity contribution in [1.29, 1.82) is 0 Å². The Morgan fingerprint density at radius 1 is 1.47 bits per heavy atom. The second-order valence-corrected chi connectivity index (χ2v) is 7.34. The Morgan fingerprint density at radius 2 is 2.18 bits per heavy atom. The summed E-state index contributed by atoms with van der Waals surface area (Å²) < 4.78 is 27.4. The van der Waals surface area contributed by atoms with Crippen LogP contribution in [0.25, 0.3) is 0 Å². The zero-order chi connectivity index (χ0) is 12.5. The molecule has 1 heterocycles. The third-order valence-electron chi connectivity index (χ3n) is 3.89. The molecule has 1 saturated carbocycles. The van der Waals surface area contributed by atoms with Crippen molar-refractivity contribution in [3.05, 3.63) is 0 Å². The van der Waals surface area contributed by atoms with E-state index in [1.165, 1.54) is 7.11 Å². The zero-order valence-electron chi connectivity index (χ0n) is 10.1. The molecular formula is C11H19NO4S. The maximum absolute atomic E-state index is 11.7. The van der Waals surface area contributed by atoms with Crippen molar-refractivity contribution in [3.8, 4) is 0 Å². The van der Waals surface area contributed by atoms with Crippen molar-refractivity contribution in [2.24, 2.45) is 5.41 Å². The van der Waals surface area contributed by atoms with E-state index in [0.29, 0.717) is 13.0 Å². The summed E-state index contributed by atoms with van der Waals surface area (Å²) in [6.07, 6.45) is 3.37. The van der Waals surface area contributed by atoms with E-state index < -0.39 is 15.3 Å². The molecule has 0 aromatic carbocycles. The average molecular weight is 261 g/mol. The molecule has 1 aliphatic heterocycles. The van der Waals surface area contributed by atoms with Crippen molar-refractivity contribution >= 4 is 15.8 Å². The van der Waals surface area contributed by atoms with Gasteiger partial charge in [0.05, 0.1) is 24.0 Å². The highest BCUT2D eigenvalue weighted by atomic mass is 32.2. The summed E-state index contributed by atoms with van der Waals surface area (Å²) in [5, 5.41) is 3.22. The summed E-state index contributed by atoms with van der Waals surface area (Å²) in [5.41, 5.74) is -0.402. The first kappa shape index (κ1) is 12.8. The summed E-state index contributed by atoms with van der Waals surface area (Å²) >= 11 is 0. The fraction of sp³-hybridized carbons (Fsp3) is 0.909. The van der Waals surface area contributed by atoms with Crippen LogP contribution in [0.5, 0.6) is 0 Å². The Morgan fingerprint density at radius 3 is 2.59 bits per heavy atom. The van der Waals surface area contributed by atoms with Crippen molar-refractivity contribution in [2.75, 3.05) is 25.2 Å². The van der Waals surface area contributed by atoms with Crippen molar-refractivity contribution < 1.29 is 17.9 Å². The van der Waals surface area contributed by atoms with Gasteiger partial charge in [-0.3, -0.25) is 4.79 Å². The first-order valence-electron chi connectivity index (χ1n) is 6.00. The van der Waals surface area contributed by atoms with Crippen LogP contribution in [0, 0.1) is 5.41 Å². The standard InChI is InChI=1S/C11H19NO4S/c1-16-10(13)11(4-2-5-11)8-12-9-3-6-17(14,15)7-9/h9,12H,2-8H2,1H3. The normalized spacial score (nSPS) is 29.6. The molecule has 2 rings (SSSR count). The molecule has 0 spiro atoms. The monoisotopic (exact) mass is 261 g/mol. The van der Waals surface area contributed by atoms with Crippen LogP contribution in [0.2, 0.25) is 0 Å². The van der Waals surface area contributed by atoms with E-state index in [1.807, 2.05) is 0 Å². The molecule has 1 unspecified atom stereocenters. The Balaban J connectivity index is 1.87. The minimum Gasteiger partial charge on any atom is -0.469 e. The Bertz CT molecular complexity index is 400. The van der Waals surface area contributed by atoms with E-state index >= 15 is 0 Å². The number of hydrogen-bond acceptors (Lipinski definition) is 5. The molecule has 0 bridgehead atoms. The van der Waals surface area contributed by atoms with Gasteiger partial charge in [-0.15, -0.1) is 0 Å². The highest BCUT2D eigenvalue weighted by molar-refractivity contribution is 7.91. The number of sulfone groups is 1. The minimum atomic E-state index is -2.86. The van der Waals surface area contributed by atoms with Crippen LogP contribution in [-0.4, -0.2) is 45.6 Å². The van der Waals surface area contributed by atoms with E-state index in [0.717, 1.165) is 19.3 Å². The molecule has 98 valence electrons. The highest BCUT2D eigenvalue weighted by Gasteiger charge is 2.45. The Hall–Kier alpha value is -0.620. The van der Waals surface area contributed by atoms with Gasteiger partial charge in [0.1, 0.15) is 0 Å². The lowest BCUT2D eigenvalue weighted by Crippen LogP contribution is -2.49. The molecule has 0 aromatic heterocycles. The summed E-state index contributed by atoms with van der Waals surface area (Å²) in [5.74, 6) is 0.289. The fourth-order valence-corrected chi connectivity index (χ4v) is 4.28. The van der Waals surface area contributed by atoms with Gasteiger partial charge in [0.2, 0.25) is 0 Å². The summed E-state index contributed by atoms with van der Waals surface area (Å²) in [4.78, 5) is 11.7. The predicted molar refractivity (Wildman–Crippen MR) is 63.4 cm³/mol. The molecule has 2 fully saturated rings. The van der Waals surface area contributed by atoms with Gasteiger partial charge in [0.15, 0.2) is 9.84 Å². The van der Waals surface area contributed by atoms with Gasteiger partial charge in [0.25, 0.3) is 0 Å².